The third-order valence-corrected chi connectivity index (χ3v) is 6.46. The van der Waals surface area contributed by atoms with E-state index in [0.29, 0.717) is 28.2 Å². The van der Waals surface area contributed by atoms with Gasteiger partial charge in [-0.3, -0.25) is 9.67 Å². The molecule has 5 nitrogen and oxygen atoms in total. The summed E-state index contributed by atoms with van der Waals surface area (Å²) in [6.07, 6.45) is 5.47. The van der Waals surface area contributed by atoms with Crippen molar-refractivity contribution in [3.8, 4) is 22.9 Å². The predicted molar refractivity (Wildman–Crippen MR) is 99.6 cm³/mol. The number of methoxy groups -OCH3 is 2. The normalized spacial score (nSPS) is 26.0. The molecule has 4 unspecified atom stereocenters. The maximum absolute atomic E-state index is 5.61. The van der Waals surface area contributed by atoms with Crippen molar-refractivity contribution in [2.75, 3.05) is 14.2 Å². The fourth-order valence-electron chi connectivity index (χ4n) is 5.01. The van der Waals surface area contributed by atoms with Gasteiger partial charge in [-0.05, 0) is 68.3 Å². The zero-order valence-electron chi connectivity index (χ0n) is 15.0. The Hall–Kier alpha value is -1.82. The average Bonchev–Trinajstić information content (AvgIpc) is 3.35. The van der Waals surface area contributed by atoms with E-state index in [-0.39, 0.29) is 0 Å². The van der Waals surface area contributed by atoms with Crippen molar-refractivity contribution in [3.63, 3.8) is 0 Å². The summed E-state index contributed by atoms with van der Waals surface area (Å²) in [5, 5.41) is 7.53. The van der Waals surface area contributed by atoms with Gasteiger partial charge in [0.25, 0.3) is 0 Å². The van der Waals surface area contributed by atoms with Crippen LogP contribution < -0.4 is 9.47 Å². The summed E-state index contributed by atoms with van der Waals surface area (Å²) >= 11 is 5.58. The van der Waals surface area contributed by atoms with Gasteiger partial charge in [-0.2, -0.15) is 5.10 Å². The maximum Gasteiger partial charge on any atom is 0.195 e. The molecule has 1 heterocycles. The molecular formula is C19H25N3O2S. The molecule has 0 spiro atoms. The Labute approximate surface area is 153 Å². The minimum absolute atomic E-state index is 0.326. The first-order valence-electron chi connectivity index (χ1n) is 9.02. The first kappa shape index (κ1) is 16.6. The number of H-pyrrole nitrogens is 1. The van der Waals surface area contributed by atoms with Crippen LogP contribution in [-0.2, 0) is 0 Å². The maximum atomic E-state index is 5.61. The van der Waals surface area contributed by atoms with Crippen LogP contribution in [0.1, 0.15) is 38.6 Å². The van der Waals surface area contributed by atoms with Crippen LogP contribution in [0.4, 0.5) is 0 Å². The molecule has 4 atom stereocenters. The van der Waals surface area contributed by atoms with E-state index in [1.807, 2.05) is 18.2 Å². The van der Waals surface area contributed by atoms with Crippen molar-refractivity contribution in [2.24, 2.45) is 17.8 Å². The van der Waals surface area contributed by atoms with Gasteiger partial charge in [-0.25, -0.2) is 0 Å². The Morgan fingerprint density at radius 1 is 1.24 bits per heavy atom. The Kier molecular flexibility index (Phi) is 4.31. The SMILES string of the molecule is COc1cccc(-c2n[nH]c(=S)n2C(C)C2CC3CCC2C3)c1OC. The lowest BCUT2D eigenvalue weighted by Crippen LogP contribution is -2.23. The number of nitrogens with one attached hydrogen (secondary N) is 1. The van der Waals surface area contributed by atoms with Crippen LogP contribution in [0.25, 0.3) is 11.4 Å². The van der Waals surface area contributed by atoms with Gasteiger partial charge in [-0.1, -0.05) is 12.5 Å². The van der Waals surface area contributed by atoms with Gasteiger partial charge in [0.05, 0.1) is 19.8 Å². The summed E-state index contributed by atoms with van der Waals surface area (Å²) in [7, 11) is 3.31. The summed E-state index contributed by atoms with van der Waals surface area (Å²) in [6.45, 7) is 2.28. The second-order valence-corrected chi connectivity index (χ2v) is 7.73. The number of rotatable bonds is 5. The highest BCUT2D eigenvalue weighted by atomic mass is 32.1. The van der Waals surface area contributed by atoms with Crippen LogP contribution in [0.3, 0.4) is 0 Å². The number of ether oxygens (including phenoxy) is 2. The van der Waals surface area contributed by atoms with Gasteiger partial charge in [0.1, 0.15) is 0 Å². The predicted octanol–water partition coefficient (Wildman–Crippen LogP) is 4.62. The average molecular weight is 359 g/mol. The Balaban J connectivity index is 1.77. The molecule has 0 aliphatic heterocycles. The number of benzene rings is 1. The van der Waals surface area contributed by atoms with Gasteiger partial charge >= 0.3 is 0 Å². The zero-order chi connectivity index (χ0) is 17.6. The summed E-state index contributed by atoms with van der Waals surface area (Å²) in [6, 6.07) is 6.19. The van der Waals surface area contributed by atoms with E-state index in [4.69, 9.17) is 21.7 Å². The van der Waals surface area contributed by atoms with E-state index in [1.165, 1.54) is 25.7 Å². The number of aromatic nitrogens is 3. The Bertz CT molecular complexity index is 828. The molecule has 4 rings (SSSR count). The number of hydrogen-bond acceptors (Lipinski definition) is 4. The minimum Gasteiger partial charge on any atom is -0.493 e. The Morgan fingerprint density at radius 2 is 2.08 bits per heavy atom. The standard InChI is InChI=1S/C19H25N3O2S/c1-11(15-10-12-7-8-13(15)9-12)22-18(20-21-19(22)25)14-5-4-6-16(23-2)17(14)24-3/h4-6,11-13,15H,7-10H2,1-3H3,(H,21,25). The first-order chi connectivity index (χ1) is 12.1. The van der Waals surface area contributed by atoms with Crippen molar-refractivity contribution in [3.05, 3.63) is 23.0 Å². The molecule has 6 heteroatoms. The third kappa shape index (κ3) is 2.67. The third-order valence-electron chi connectivity index (χ3n) is 6.17. The summed E-state index contributed by atoms with van der Waals surface area (Å²) < 4.78 is 13.9. The molecule has 0 saturated heterocycles. The largest absolute Gasteiger partial charge is 0.493 e. The van der Waals surface area contributed by atoms with Crippen molar-refractivity contribution < 1.29 is 9.47 Å². The molecule has 2 aliphatic rings. The highest BCUT2D eigenvalue weighted by Crippen LogP contribution is 2.52. The van der Waals surface area contributed by atoms with Crippen LogP contribution in [0.15, 0.2) is 18.2 Å². The van der Waals surface area contributed by atoms with E-state index in [9.17, 15) is 0 Å². The molecule has 25 heavy (non-hydrogen) atoms. The van der Waals surface area contributed by atoms with E-state index in [0.717, 1.165) is 23.2 Å². The smallest absolute Gasteiger partial charge is 0.195 e. The van der Waals surface area contributed by atoms with Crippen LogP contribution in [0, 0.1) is 22.5 Å². The lowest BCUT2D eigenvalue weighted by Gasteiger charge is -2.29. The molecule has 0 radical (unpaired) electrons. The highest BCUT2D eigenvalue weighted by molar-refractivity contribution is 7.71. The van der Waals surface area contributed by atoms with Gasteiger partial charge in [-0.15, -0.1) is 0 Å². The molecule has 2 aromatic rings. The molecule has 1 N–H and O–H groups in total. The van der Waals surface area contributed by atoms with Crippen molar-refractivity contribution >= 4 is 12.2 Å². The van der Waals surface area contributed by atoms with Gasteiger partial charge in [0, 0.05) is 6.04 Å². The lowest BCUT2D eigenvalue weighted by molar-refractivity contribution is 0.242. The molecule has 2 bridgehead atoms. The van der Waals surface area contributed by atoms with Crippen molar-refractivity contribution in [2.45, 2.75) is 38.6 Å². The number of hydrogen-bond donors (Lipinski definition) is 1. The molecule has 2 saturated carbocycles. The molecule has 1 aromatic carbocycles. The van der Waals surface area contributed by atoms with Crippen LogP contribution >= 0.6 is 12.2 Å². The first-order valence-corrected chi connectivity index (χ1v) is 9.43. The second kappa shape index (κ2) is 6.48. The minimum atomic E-state index is 0.326. The van der Waals surface area contributed by atoms with Crippen molar-refractivity contribution in [1.29, 1.82) is 0 Å². The highest BCUT2D eigenvalue weighted by Gasteiger charge is 2.43. The zero-order valence-corrected chi connectivity index (χ0v) is 15.8. The fourth-order valence-corrected chi connectivity index (χ4v) is 5.31. The summed E-state index contributed by atoms with van der Waals surface area (Å²) in [5.41, 5.74) is 0.907. The summed E-state index contributed by atoms with van der Waals surface area (Å²) in [4.78, 5) is 0. The van der Waals surface area contributed by atoms with Crippen LogP contribution in [0.2, 0.25) is 0 Å². The quantitative estimate of drug-likeness (QED) is 0.791. The number of fused-ring (bicyclic) bond motifs is 2. The molecule has 2 aliphatic carbocycles. The molecule has 134 valence electrons. The van der Waals surface area contributed by atoms with Gasteiger partial charge < -0.3 is 9.47 Å². The van der Waals surface area contributed by atoms with Crippen LogP contribution in [-0.4, -0.2) is 29.0 Å². The molecular weight excluding hydrogens is 334 g/mol. The molecule has 0 amide bonds. The fraction of sp³-hybridized carbons (Fsp3) is 0.579. The molecule has 1 aromatic heterocycles. The second-order valence-electron chi connectivity index (χ2n) is 7.34. The topological polar surface area (TPSA) is 52.1 Å². The molecule has 2 fully saturated rings. The Morgan fingerprint density at radius 3 is 2.72 bits per heavy atom. The number of aromatic amines is 1. The van der Waals surface area contributed by atoms with Crippen molar-refractivity contribution in [1.82, 2.24) is 14.8 Å². The van der Waals surface area contributed by atoms with Gasteiger partial charge in [0.2, 0.25) is 0 Å². The van der Waals surface area contributed by atoms with Gasteiger partial charge in [0.15, 0.2) is 22.1 Å². The number of para-hydroxylation sites is 1. The van der Waals surface area contributed by atoms with E-state index < -0.39 is 0 Å². The van der Waals surface area contributed by atoms with E-state index in [1.54, 1.807) is 14.2 Å². The lowest BCUT2D eigenvalue weighted by atomic mass is 9.84. The van der Waals surface area contributed by atoms with Crippen LogP contribution in [0.5, 0.6) is 11.5 Å². The summed E-state index contributed by atoms with van der Waals surface area (Å²) in [5.74, 6) is 4.65. The van der Waals surface area contributed by atoms with E-state index >= 15 is 0 Å². The monoisotopic (exact) mass is 359 g/mol. The van der Waals surface area contributed by atoms with E-state index in [2.05, 4.69) is 21.7 Å². The number of nitrogens with zero attached hydrogens (tertiary/aromatic N) is 2.